The van der Waals surface area contributed by atoms with E-state index in [4.69, 9.17) is 4.42 Å². The van der Waals surface area contributed by atoms with Gasteiger partial charge in [0, 0.05) is 16.5 Å². The van der Waals surface area contributed by atoms with Crippen LogP contribution in [0.5, 0.6) is 0 Å². The van der Waals surface area contributed by atoms with Crippen molar-refractivity contribution in [3.05, 3.63) is 58.9 Å². The number of aromatic amines is 1. The normalized spacial score (nSPS) is 13.9. The molecule has 6 heteroatoms. The summed E-state index contributed by atoms with van der Waals surface area (Å²) in [6.07, 6.45) is 0. The lowest BCUT2D eigenvalue weighted by Gasteiger charge is -2.23. The lowest BCUT2D eigenvalue weighted by atomic mass is 9.96. The number of aromatic nitrogens is 1. The van der Waals surface area contributed by atoms with Gasteiger partial charge in [-0.2, -0.15) is 0 Å². The number of hydrogen-bond donors (Lipinski definition) is 3. The molecule has 0 bridgehead atoms. The van der Waals surface area contributed by atoms with Gasteiger partial charge in [0.15, 0.2) is 0 Å². The molecule has 1 amide bonds. The van der Waals surface area contributed by atoms with Gasteiger partial charge >= 0.3 is 0 Å². The van der Waals surface area contributed by atoms with Crippen molar-refractivity contribution >= 4 is 16.8 Å². The van der Waals surface area contributed by atoms with E-state index in [1.807, 2.05) is 0 Å². The average Bonchev–Trinajstić information content (AvgIpc) is 3.09. The first-order valence-electron chi connectivity index (χ1n) is 7.63. The Morgan fingerprint density at radius 3 is 2.75 bits per heavy atom. The largest absolute Gasteiger partial charge is 0.466 e. The van der Waals surface area contributed by atoms with Gasteiger partial charge in [0.2, 0.25) is 0 Å². The molecule has 24 heavy (non-hydrogen) atoms. The lowest BCUT2D eigenvalue weighted by molar-refractivity contribution is 0.0513. The van der Waals surface area contributed by atoms with Crippen LogP contribution in [0.1, 0.15) is 34.5 Å². The van der Waals surface area contributed by atoms with E-state index in [0.717, 1.165) is 0 Å². The fourth-order valence-electron chi connectivity index (χ4n) is 2.85. The molecule has 1 atom stereocenters. The number of H-pyrrole nitrogens is 1. The van der Waals surface area contributed by atoms with Crippen LogP contribution in [-0.2, 0) is 5.60 Å². The monoisotopic (exact) mass is 330 g/mol. The van der Waals surface area contributed by atoms with Crippen molar-refractivity contribution in [2.75, 3.05) is 6.54 Å². The molecule has 0 aliphatic carbocycles. The maximum Gasteiger partial charge on any atom is 0.267 e. The Labute approximate surface area is 138 Å². The molecule has 0 aliphatic rings. The van der Waals surface area contributed by atoms with Crippen molar-refractivity contribution in [2.24, 2.45) is 0 Å². The quantitative estimate of drug-likeness (QED) is 0.687. The van der Waals surface area contributed by atoms with E-state index in [-0.39, 0.29) is 18.1 Å². The zero-order valence-corrected chi connectivity index (χ0v) is 13.7. The minimum absolute atomic E-state index is 0.00347. The van der Waals surface area contributed by atoms with Gasteiger partial charge in [0.05, 0.1) is 6.54 Å². The maximum atomic E-state index is 13.7. The number of halogens is 1. The summed E-state index contributed by atoms with van der Waals surface area (Å²) in [5.74, 6) is 0.502. The minimum atomic E-state index is -1.27. The molecule has 0 saturated carbocycles. The predicted octanol–water partition coefficient (Wildman–Crippen LogP) is 3.15. The first kappa shape index (κ1) is 16.3. The molecule has 3 N–H and O–H groups in total. The summed E-state index contributed by atoms with van der Waals surface area (Å²) < 4.78 is 19.1. The summed E-state index contributed by atoms with van der Waals surface area (Å²) in [4.78, 5) is 15.2. The number of carbonyl (C=O) groups excluding carboxylic acids is 1. The van der Waals surface area contributed by atoms with Crippen LogP contribution in [0.3, 0.4) is 0 Å². The van der Waals surface area contributed by atoms with Crippen molar-refractivity contribution in [3.8, 4) is 0 Å². The molecule has 0 aliphatic heterocycles. The van der Waals surface area contributed by atoms with Crippen molar-refractivity contribution in [3.63, 3.8) is 0 Å². The van der Waals surface area contributed by atoms with Crippen LogP contribution in [0.2, 0.25) is 0 Å². The maximum absolute atomic E-state index is 13.7. The number of hydrogen-bond acceptors (Lipinski definition) is 3. The zero-order valence-electron chi connectivity index (χ0n) is 13.7. The third kappa shape index (κ3) is 2.92. The first-order chi connectivity index (χ1) is 11.3. The number of rotatable bonds is 4. The second kappa shape index (κ2) is 5.79. The summed E-state index contributed by atoms with van der Waals surface area (Å²) in [6, 6.07) is 7.82. The van der Waals surface area contributed by atoms with Crippen LogP contribution in [0.25, 0.3) is 10.9 Å². The Morgan fingerprint density at radius 2 is 2.12 bits per heavy atom. The molecule has 0 fully saturated rings. The third-order valence-electron chi connectivity index (χ3n) is 4.07. The molecule has 1 aromatic carbocycles. The summed E-state index contributed by atoms with van der Waals surface area (Å²) in [5.41, 5.74) is 0.150. The van der Waals surface area contributed by atoms with Gasteiger partial charge < -0.3 is 19.8 Å². The van der Waals surface area contributed by atoms with Crippen molar-refractivity contribution in [2.45, 2.75) is 26.4 Å². The fraction of sp³-hybridized carbons (Fsp3) is 0.278. The number of fused-ring (bicyclic) bond motifs is 1. The van der Waals surface area contributed by atoms with E-state index in [1.54, 1.807) is 39.0 Å². The highest BCUT2D eigenvalue weighted by Gasteiger charge is 2.28. The van der Waals surface area contributed by atoms with Crippen LogP contribution in [0.4, 0.5) is 4.39 Å². The molecule has 0 radical (unpaired) electrons. The van der Waals surface area contributed by atoms with E-state index in [2.05, 4.69) is 10.3 Å². The van der Waals surface area contributed by atoms with Crippen LogP contribution in [-0.4, -0.2) is 22.5 Å². The van der Waals surface area contributed by atoms with E-state index >= 15 is 0 Å². The number of furan rings is 1. The standard InChI is InChI=1S/C18H19FN2O3/c1-10-7-13(11(2)24-10)18(3,23)9-20-17(22)16-8-12-14(19)5-4-6-15(12)21-16/h4-8,21,23H,9H2,1-3H3,(H,20,22). The van der Waals surface area contributed by atoms with E-state index in [1.165, 1.54) is 12.1 Å². The first-order valence-corrected chi connectivity index (χ1v) is 7.63. The molecular weight excluding hydrogens is 311 g/mol. The molecule has 126 valence electrons. The van der Waals surface area contributed by atoms with Crippen LogP contribution in [0.15, 0.2) is 34.7 Å². The fourth-order valence-corrected chi connectivity index (χ4v) is 2.85. The van der Waals surface area contributed by atoms with Gasteiger partial charge in [-0.1, -0.05) is 6.07 Å². The van der Waals surface area contributed by atoms with Gasteiger partial charge in [-0.15, -0.1) is 0 Å². The molecule has 5 nitrogen and oxygen atoms in total. The minimum Gasteiger partial charge on any atom is -0.466 e. The number of benzene rings is 1. The van der Waals surface area contributed by atoms with E-state index in [9.17, 15) is 14.3 Å². The lowest BCUT2D eigenvalue weighted by Crippen LogP contribution is -2.38. The second-order valence-corrected chi connectivity index (χ2v) is 6.17. The Kier molecular flexibility index (Phi) is 3.93. The summed E-state index contributed by atoms with van der Waals surface area (Å²) in [7, 11) is 0. The van der Waals surface area contributed by atoms with Gasteiger partial charge in [-0.25, -0.2) is 4.39 Å². The molecule has 0 spiro atoms. The zero-order chi connectivity index (χ0) is 17.5. The van der Waals surface area contributed by atoms with Gasteiger partial charge in [0.25, 0.3) is 5.91 Å². The van der Waals surface area contributed by atoms with Crippen molar-refractivity contribution in [1.82, 2.24) is 10.3 Å². The number of amides is 1. The van der Waals surface area contributed by atoms with Crippen molar-refractivity contribution in [1.29, 1.82) is 0 Å². The van der Waals surface area contributed by atoms with Gasteiger partial charge in [-0.3, -0.25) is 4.79 Å². The number of carbonyl (C=O) groups is 1. The van der Waals surface area contributed by atoms with Crippen LogP contribution < -0.4 is 5.32 Å². The van der Waals surface area contributed by atoms with E-state index < -0.39 is 11.5 Å². The summed E-state index contributed by atoms with van der Waals surface area (Å²) in [5, 5.41) is 13.6. The highest BCUT2D eigenvalue weighted by Crippen LogP contribution is 2.26. The highest BCUT2D eigenvalue weighted by molar-refractivity contribution is 5.98. The Hall–Kier alpha value is -2.60. The predicted molar refractivity (Wildman–Crippen MR) is 88.3 cm³/mol. The molecule has 3 aromatic rings. The molecule has 0 saturated heterocycles. The molecule has 2 aromatic heterocycles. The second-order valence-electron chi connectivity index (χ2n) is 6.17. The SMILES string of the molecule is Cc1cc(C(C)(O)CNC(=O)c2cc3c(F)cccc3[nH]2)c(C)o1. The molecular formula is C18H19FN2O3. The smallest absolute Gasteiger partial charge is 0.267 e. The number of aliphatic hydroxyl groups is 1. The topological polar surface area (TPSA) is 78.3 Å². The van der Waals surface area contributed by atoms with Crippen LogP contribution >= 0.6 is 0 Å². The third-order valence-corrected chi connectivity index (χ3v) is 4.07. The highest BCUT2D eigenvalue weighted by atomic mass is 19.1. The molecule has 1 unspecified atom stereocenters. The molecule has 2 heterocycles. The Balaban J connectivity index is 1.76. The number of nitrogens with one attached hydrogen (secondary N) is 2. The van der Waals surface area contributed by atoms with Crippen LogP contribution in [0, 0.1) is 19.7 Å². The van der Waals surface area contributed by atoms with Gasteiger partial charge in [0.1, 0.15) is 28.6 Å². The Morgan fingerprint density at radius 1 is 1.38 bits per heavy atom. The van der Waals surface area contributed by atoms with E-state index in [0.29, 0.717) is 28.0 Å². The average molecular weight is 330 g/mol. The van der Waals surface area contributed by atoms with Gasteiger partial charge in [-0.05, 0) is 45.0 Å². The number of aryl methyl sites for hydroxylation is 2. The summed E-state index contributed by atoms with van der Waals surface area (Å²) >= 11 is 0. The summed E-state index contributed by atoms with van der Waals surface area (Å²) in [6.45, 7) is 5.17. The Bertz CT molecular complexity index is 908. The van der Waals surface area contributed by atoms with Crippen molar-refractivity contribution < 1.29 is 18.7 Å². The molecule has 3 rings (SSSR count).